The van der Waals surface area contributed by atoms with Crippen LogP contribution >= 0.6 is 11.3 Å². The number of hydrogen-bond donors (Lipinski definition) is 2. The smallest absolute Gasteiger partial charge is 0.228 e. The number of carbonyl (C=O) groups excluding carboxylic acids is 2. The fourth-order valence-corrected chi connectivity index (χ4v) is 3.51. The van der Waals surface area contributed by atoms with Gasteiger partial charge in [-0.25, -0.2) is 4.98 Å². The highest BCUT2D eigenvalue weighted by atomic mass is 32.1. The molecule has 0 aliphatic heterocycles. The standard InChI is InChI=1S/C20H21N3O2S/c1-3-4-18(24)23-20-22-16-10-7-14(11-17(16)26-20)12-19(25)21-15-8-5-13(2)6-9-15/h5-11H,3-4,12H2,1-2H3,(H,21,25)(H,22,23,24). The number of aromatic nitrogens is 1. The first kappa shape index (κ1) is 18.1. The quantitative estimate of drug-likeness (QED) is 0.673. The van der Waals surface area contributed by atoms with Crippen molar-refractivity contribution in [2.24, 2.45) is 0 Å². The number of benzene rings is 2. The highest BCUT2D eigenvalue weighted by Crippen LogP contribution is 2.27. The Morgan fingerprint density at radius 3 is 2.54 bits per heavy atom. The fourth-order valence-electron chi connectivity index (χ4n) is 2.57. The zero-order valence-corrected chi connectivity index (χ0v) is 15.7. The Bertz CT molecular complexity index is 932. The summed E-state index contributed by atoms with van der Waals surface area (Å²) in [5, 5.41) is 6.32. The van der Waals surface area contributed by atoms with Crippen LogP contribution in [0.25, 0.3) is 10.2 Å². The molecule has 0 spiro atoms. The van der Waals surface area contributed by atoms with Gasteiger partial charge in [-0.3, -0.25) is 9.59 Å². The molecule has 0 aliphatic carbocycles. The number of carbonyl (C=O) groups is 2. The summed E-state index contributed by atoms with van der Waals surface area (Å²) in [6.07, 6.45) is 1.58. The predicted molar refractivity (Wildman–Crippen MR) is 107 cm³/mol. The van der Waals surface area contributed by atoms with Gasteiger partial charge >= 0.3 is 0 Å². The largest absolute Gasteiger partial charge is 0.326 e. The number of anilines is 2. The zero-order chi connectivity index (χ0) is 18.5. The number of aryl methyl sites for hydroxylation is 1. The van der Waals surface area contributed by atoms with E-state index in [1.165, 1.54) is 11.3 Å². The van der Waals surface area contributed by atoms with E-state index in [2.05, 4.69) is 15.6 Å². The topological polar surface area (TPSA) is 71.1 Å². The Labute approximate surface area is 156 Å². The molecule has 0 atom stereocenters. The van der Waals surface area contributed by atoms with E-state index < -0.39 is 0 Å². The summed E-state index contributed by atoms with van der Waals surface area (Å²) in [7, 11) is 0. The van der Waals surface area contributed by atoms with E-state index in [-0.39, 0.29) is 11.8 Å². The molecule has 5 nitrogen and oxygen atoms in total. The average Bonchev–Trinajstić information content (AvgIpc) is 2.98. The molecule has 1 heterocycles. The minimum atomic E-state index is -0.0609. The second-order valence-corrected chi connectivity index (χ2v) is 7.24. The third kappa shape index (κ3) is 4.67. The molecular weight excluding hydrogens is 346 g/mol. The molecule has 0 unspecified atom stereocenters. The molecule has 3 rings (SSSR count). The lowest BCUT2D eigenvalue weighted by Crippen LogP contribution is -2.14. The molecule has 2 aromatic carbocycles. The number of hydrogen-bond acceptors (Lipinski definition) is 4. The van der Waals surface area contributed by atoms with Crippen molar-refractivity contribution in [2.45, 2.75) is 33.1 Å². The highest BCUT2D eigenvalue weighted by Gasteiger charge is 2.10. The lowest BCUT2D eigenvalue weighted by atomic mass is 10.1. The SMILES string of the molecule is CCCC(=O)Nc1nc2ccc(CC(=O)Nc3ccc(C)cc3)cc2s1. The Morgan fingerprint density at radius 1 is 1.04 bits per heavy atom. The van der Waals surface area contributed by atoms with Crippen LogP contribution in [0.1, 0.15) is 30.9 Å². The molecule has 3 aromatic rings. The molecule has 2 N–H and O–H groups in total. The van der Waals surface area contributed by atoms with Crippen LogP contribution in [0.15, 0.2) is 42.5 Å². The summed E-state index contributed by atoms with van der Waals surface area (Å²) in [5.74, 6) is -0.0848. The van der Waals surface area contributed by atoms with E-state index in [1.54, 1.807) is 0 Å². The van der Waals surface area contributed by atoms with Crippen molar-refractivity contribution in [1.29, 1.82) is 0 Å². The first-order valence-electron chi connectivity index (χ1n) is 8.59. The molecule has 6 heteroatoms. The number of rotatable bonds is 6. The van der Waals surface area contributed by atoms with Crippen molar-refractivity contribution in [2.75, 3.05) is 10.6 Å². The van der Waals surface area contributed by atoms with Gasteiger partial charge in [0.05, 0.1) is 16.6 Å². The van der Waals surface area contributed by atoms with Crippen molar-refractivity contribution in [3.8, 4) is 0 Å². The number of nitrogens with one attached hydrogen (secondary N) is 2. The highest BCUT2D eigenvalue weighted by molar-refractivity contribution is 7.22. The van der Waals surface area contributed by atoms with Gasteiger partial charge in [0.25, 0.3) is 0 Å². The van der Waals surface area contributed by atoms with Crippen LogP contribution in [0.5, 0.6) is 0 Å². The normalized spacial score (nSPS) is 10.7. The van der Waals surface area contributed by atoms with Crippen LogP contribution < -0.4 is 10.6 Å². The lowest BCUT2D eigenvalue weighted by Gasteiger charge is -2.05. The summed E-state index contributed by atoms with van der Waals surface area (Å²) in [5.41, 5.74) is 3.68. The number of thiazole rings is 1. The molecule has 134 valence electrons. The van der Waals surface area contributed by atoms with Gasteiger partial charge in [0.2, 0.25) is 11.8 Å². The van der Waals surface area contributed by atoms with Crippen molar-refractivity contribution in [1.82, 2.24) is 4.98 Å². The van der Waals surface area contributed by atoms with Gasteiger partial charge in [0.15, 0.2) is 5.13 Å². The van der Waals surface area contributed by atoms with Crippen molar-refractivity contribution < 1.29 is 9.59 Å². The van der Waals surface area contributed by atoms with Gasteiger partial charge in [-0.2, -0.15) is 0 Å². The number of amides is 2. The maximum absolute atomic E-state index is 12.2. The summed E-state index contributed by atoms with van der Waals surface area (Å²) in [4.78, 5) is 28.4. The molecule has 0 bridgehead atoms. The molecule has 0 aliphatic rings. The van der Waals surface area contributed by atoms with Gasteiger partial charge in [-0.15, -0.1) is 0 Å². The number of fused-ring (bicyclic) bond motifs is 1. The van der Waals surface area contributed by atoms with E-state index >= 15 is 0 Å². The van der Waals surface area contributed by atoms with Gasteiger partial charge in [-0.05, 0) is 43.2 Å². The molecule has 26 heavy (non-hydrogen) atoms. The Morgan fingerprint density at radius 2 is 1.81 bits per heavy atom. The Hall–Kier alpha value is -2.73. The van der Waals surface area contributed by atoms with Crippen LogP contribution in [0.3, 0.4) is 0 Å². The van der Waals surface area contributed by atoms with Crippen molar-refractivity contribution >= 4 is 44.2 Å². The predicted octanol–water partition coefficient (Wildman–Crippen LogP) is 4.52. The van der Waals surface area contributed by atoms with Gasteiger partial charge < -0.3 is 10.6 Å². The lowest BCUT2D eigenvalue weighted by molar-refractivity contribution is -0.116. The van der Waals surface area contributed by atoms with Crippen molar-refractivity contribution in [3.63, 3.8) is 0 Å². The van der Waals surface area contributed by atoms with Gasteiger partial charge in [-0.1, -0.05) is 42.0 Å². The van der Waals surface area contributed by atoms with Gasteiger partial charge in [0.1, 0.15) is 0 Å². The summed E-state index contributed by atoms with van der Waals surface area (Å²) < 4.78 is 0.956. The summed E-state index contributed by atoms with van der Waals surface area (Å²) >= 11 is 1.42. The van der Waals surface area contributed by atoms with E-state index in [0.717, 1.165) is 33.5 Å². The second kappa shape index (κ2) is 8.10. The van der Waals surface area contributed by atoms with Crippen LogP contribution in [-0.2, 0) is 16.0 Å². The molecule has 0 saturated heterocycles. The monoisotopic (exact) mass is 367 g/mol. The molecule has 0 saturated carbocycles. The molecule has 2 amide bonds. The van der Waals surface area contributed by atoms with E-state index in [1.807, 2.05) is 56.3 Å². The van der Waals surface area contributed by atoms with Crippen LogP contribution in [0.4, 0.5) is 10.8 Å². The summed E-state index contributed by atoms with van der Waals surface area (Å²) in [6.45, 7) is 3.97. The minimum Gasteiger partial charge on any atom is -0.326 e. The maximum atomic E-state index is 12.2. The van der Waals surface area contributed by atoms with E-state index in [0.29, 0.717) is 18.0 Å². The first-order chi connectivity index (χ1) is 12.5. The maximum Gasteiger partial charge on any atom is 0.228 e. The van der Waals surface area contributed by atoms with E-state index in [4.69, 9.17) is 0 Å². The average molecular weight is 367 g/mol. The number of nitrogens with zero attached hydrogens (tertiary/aromatic N) is 1. The minimum absolute atomic E-state index is 0.0238. The van der Waals surface area contributed by atoms with Gasteiger partial charge in [0, 0.05) is 12.1 Å². The van der Waals surface area contributed by atoms with Crippen LogP contribution in [-0.4, -0.2) is 16.8 Å². The summed E-state index contributed by atoms with van der Waals surface area (Å²) in [6, 6.07) is 13.5. The molecule has 0 radical (unpaired) electrons. The fraction of sp³-hybridized carbons (Fsp3) is 0.250. The first-order valence-corrected chi connectivity index (χ1v) is 9.41. The van der Waals surface area contributed by atoms with Crippen molar-refractivity contribution in [3.05, 3.63) is 53.6 Å². The second-order valence-electron chi connectivity index (χ2n) is 6.21. The van der Waals surface area contributed by atoms with Crippen LogP contribution in [0, 0.1) is 6.92 Å². The Kier molecular flexibility index (Phi) is 5.63. The third-order valence-corrected chi connectivity index (χ3v) is 4.81. The van der Waals surface area contributed by atoms with Crippen LogP contribution in [0.2, 0.25) is 0 Å². The molecule has 0 fully saturated rings. The zero-order valence-electron chi connectivity index (χ0n) is 14.8. The molecule has 1 aromatic heterocycles. The molecular formula is C20H21N3O2S. The Balaban J connectivity index is 1.67. The van der Waals surface area contributed by atoms with E-state index in [9.17, 15) is 9.59 Å². The third-order valence-electron chi connectivity index (χ3n) is 3.88.